The smallest absolute Gasteiger partial charge is 0.329 e. The highest BCUT2D eigenvalue weighted by molar-refractivity contribution is 6.39. The number of fused-ring (bicyclic) bond motifs is 3. The number of carbonyl (C=O) groups is 4. The standard InChI is InChI=1S/C46H71NO10/c1-29-13-9-8-10-14-31(3)42(55-7)27-37-22-17-34(6)46(54,57-37)43(51)44(52)47-24-12-11-15-38(47)45(53)56-41(33(5)26-35-18-20-36(48)21-19-35)23-16-30(2)39(49)28-40(50)32(4)25-29/h8-10,13-14,16,29,32-39,41-42,48-49,54H,11-12,15,17-28H2,1-7H3/b10-8+,13-9+,30-16+,31-14+/t29-,32-,33-,34-,35?,36?,37+,38+,39+,41?,42+,46-/m1/s1. The van der Waals surface area contributed by atoms with Gasteiger partial charge in [0.2, 0.25) is 5.79 Å². The van der Waals surface area contributed by atoms with Gasteiger partial charge in [0, 0.05) is 44.8 Å². The highest BCUT2D eigenvalue weighted by Crippen LogP contribution is 2.37. The summed E-state index contributed by atoms with van der Waals surface area (Å²) in [7, 11) is 1.60. The molecule has 4 aliphatic rings. The second-order valence-corrected chi connectivity index (χ2v) is 17.7. The van der Waals surface area contributed by atoms with Gasteiger partial charge in [-0.15, -0.1) is 0 Å². The van der Waals surface area contributed by atoms with Gasteiger partial charge in [0.05, 0.1) is 24.4 Å². The van der Waals surface area contributed by atoms with Crippen molar-refractivity contribution < 1.29 is 48.7 Å². The number of ketones is 2. The molecule has 4 rings (SSSR count). The van der Waals surface area contributed by atoms with E-state index in [1.165, 1.54) is 4.90 Å². The van der Waals surface area contributed by atoms with Crippen LogP contribution in [0.3, 0.4) is 0 Å². The van der Waals surface area contributed by atoms with Crippen LogP contribution in [0.4, 0.5) is 0 Å². The summed E-state index contributed by atoms with van der Waals surface area (Å²) in [6, 6.07) is -1.01. The number of hydrogen-bond donors (Lipinski definition) is 3. The summed E-state index contributed by atoms with van der Waals surface area (Å²) in [5, 5.41) is 33.1. The predicted octanol–water partition coefficient (Wildman–Crippen LogP) is 6.73. The number of Topliss-reactive ketones (excluding diaryl/α,β-unsaturated/α-hetero) is 2. The third-order valence-corrected chi connectivity index (χ3v) is 13.1. The van der Waals surface area contributed by atoms with Crippen molar-refractivity contribution in [3.05, 3.63) is 47.6 Å². The highest BCUT2D eigenvalue weighted by Gasteiger charge is 2.53. The summed E-state index contributed by atoms with van der Waals surface area (Å²) in [6.45, 7) is 11.6. The Bertz CT molecular complexity index is 1490. The number of cyclic esters (lactones) is 1. The third-order valence-electron chi connectivity index (χ3n) is 13.1. The molecule has 0 aromatic rings. The van der Waals surface area contributed by atoms with E-state index in [0.717, 1.165) is 37.7 Å². The molecule has 1 aliphatic carbocycles. The fourth-order valence-corrected chi connectivity index (χ4v) is 8.99. The van der Waals surface area contributed by atoms with Crippen LogP contribution >= 0.6 is 0 Å². The van der Waals surface area contributed by atoms with Gasteiger partial charge >= 0.3 is 5.97 Å². The number of ether oxygens (including phenoxy) is 3. The molecule has 3 heterocycles. The van der Waals surface area contributed by atoms with E-state index >= 15 is 0 Å². The second kappa shape index (κ2) is 21.9. The van der Waals surface area contributed by atoms with Crippen molar-refractivity contribution >= 4 is 23.4 Å². The van der Waals surface area contributed by atoms with Gasteiger partial charge in [0.1, 0.15) is 17.9 Å². The fourth-order valence-electron chi connectivity index (χ4n) is 8.99. The Morgan fingerprint density at radius 1 is 0.912 bits per heavy atom. The Morgan fingerprint density at radius 2 is 1.63 bits per heavy atom. The number of methoxy groups -OCH3 is 1. The van der Waals surface area contributed by atoms with Crippen LogP contribution in [0.5, 0.6) is 0 Å². The predicted molar refractivity (Wildman–Crippen MR) is 219 cm³/mol. The number of piperidine rings is 1. The molecule has 2 bridgehead atoms. The first-order chi connectivity index (χ1) is 27.0. The average Bonchev–Trinajstić information content (AvgIpc) is 3.19. The van der Waals surface area contributed by atoms with Crippen LogP contribution in [-0.2, 0) is 33.4 Å². The van der Waals surface area contributed by atoms with Gasteiger partial charge in [-0.05, 0) is 113 Å². The lowest BCUT2D eigenvalue weighted by Crippen LogP contribution is -2.61. The number of aliphatic hydroxyl groups excluding tert-OH is 2. The van der Waals surface area contributed by atoms with Crippen LogP contribution in [-0.4, -0.2) is 99.7 Å². The third kappa shape index (κ3) is 13.0. The van der Waals surface area contributed by atoms with Gasteiger partial charge in [-0.25, -0.2) is 4.79 Å². The van der Waals surface area contributed by atoms with Crippen molar-refractivity contribution in [3.63, 3.8) is 0 Å². The quantitative estimate of drug-likeness (QED) is 0.158. The number of hydrogen-bond acceptors (Lipinski definition) is 10. The van der Waals surface area contributed by atoms with E-state index in [-0.39, 0.29) is 48.7 Å². The molecule has 11 heteroatoms. The van der Waals surface area contributed by atoms with E-state index in [0.29, 0.717) is 62.9 Å². The lowest BCUT2D eigenvalue weighted by molar-refractivity contribution is -0.265. The van der Waals surface area contributed by atoms with Crippen LogP contribution in [0.2, 0.25) is 0 Å². The topological polar surface area (TPSA) is 160 Å². The number of esters is 1. The molecule has 57 heavy (non-hydrogen) atoms. The first-order valence-electron chi connectivity index (χ1n) is 21.6. The molecule has 10 atom stereocenters. The minimum Gasteiger partial charge on any atom is -0.460 e. The number of allylic oxidation sites excluding steroid dienone is 5. The Labute approximate surface area is 341 Å². The molecular formula is C46H71NO10. The SMILES string of the molecule is CO[C@H]1C[C@@H]2CC[C@@H](C)[C@@](O)(O2)C(=O)C(=O)N2CCCC[C@H]2C(=O)OC([C@H](C)CC2CCC(O)CC2)C/C=C(\C)[C@@H](O)CC(=O)[C@H](C)C[C@H](C)/C=C/C=C/C=C/1C. The summed E-state index contributed by atoms with van der Waals surface area (Å²) in [5.41, 5.74) is 1.54. The normalized spacial score (nSPS) is 40.0. The van der Waals surface area contributed by atoms with Gasteiger partial charge in [-0.3, -0.25) is 14.4 Å². The zero-order valence-corrected chi connectivity index (χ0v) is 35.6. The maximum atomic E-state index is 14.1. The molecule has 11 nitrogen and oxygen atoms in total. The number of carbonyl (C=O) groups excluding carboxylic acids is 4. The first kappa shape index (κ1) is 46.7. The van der Waals surface area contributed by atoms with E-state index in [9.17, 15) is 34.5 Å². The highest BCUT2D eigenvalue weighted by atomic mass is 16.6. The molecule has 0 aromatic carbocycles. The van der Waals surface area contributed by atoms with Crippen LogP contribution in [0.15, 0.2) is 47.6 Å². The molecule has 0 spiro atoms. The Hall–Kier alpha value is -2.96. The van der Waals surface area contributed by atoms with Crippen molar-refractivity contribution in [2.75, 3.05) is 13.7 Å². The summed E-state index contributed by atoms with van der Waals surface area (Å²) in [5.74, 6) is -5.53. The summed E-state index contributed by atoms with van der Waals surface area (Å²) in [6.07, 6.45) is 16.7. The van der Waals surface area contributed by atoms with Crippen LogP contribution in [0.1, 0.15) is 131 Å². The first-order valence-corrected chi connectivity index (χ1v) is 21.6. The lowest BCUT2D eigenvalue weighted by Gasteiger charge is -2.42. The summed E-state index contributed by atoms with van der Waals surface area (Å²) >= 11 is 0. The molecule has 1 saturated carbocycles. The fraction of sp³-hybridized carbons (Fsp3) is 0.739. The maximum absolute atomic E-state index is 14.1. The number of nitrogens with zero attached hydrogens (tertiary/aromatic N) is 1. The Kier molecular flexibility index (Phi) is 17.9. The monoisotopic (exact) mass is 798 g/mol. The van der Waals surface area contributed by atoms with E-state index < -0.39 is 53.7 Å². The van der Waals surface area contributed by atoms with Crippen LogP contribution in [0.25, 0.3) is 0 Å². The van der Waals surface area contributed by atoms with E-state index in [4.69, 9.17) is 14.2 Å². The molecule has 1 amide bonds. The van der Waals surface area contributed by atoms with Gasteiger partial charge in [0.15, 0.2) is 0 Å². The van der Waals surface area contributed by atoms with Crippen LogP contribution in [0, 0.1) is 29.6 Å². The van der Waals surface area contributed by atoms with Gasteiger partial charge in [0.25, 0.3) is 11.7 Å². The zero-order valence-electron chi connectivity index (χ0n) is 35.6. The molecule has 0 radical (unpaired) electrons. The van der Waals surface area contributed by atoms with E-state index in [1.807, 2.05) is 57.2 Å². The van der Waals surface area contributed by atoms with Gasteiger partial charge in [-0.1, -0.05) is 64.2 Å². The zero-order chi connectivity index (χ0) is 41.9. The molecule has 2 saturated heterocycles. The number of aliphatic hydroxyl groups is 3. The number of amides is 1. The van der Waals surface area contributed by atoms with E-state index in [2.05, 4.69) is 6.92 Å². The van der Waals surface area contributed by atoms with Crippen molar-refractivity contribution in [1.82, 2.24) is 4.90 Å². The molecule has 1 unspecified atom stereocenters. The number of rotatable bonds is 4. The second-order valence-electron chi connectivity index (χ2n) is 17.7. The minimum atomic E-state index is -2.36. The summed E-state index contributed by atoms with van der Waals surface area (Å²) in [4.78, 5) is 56.8. The van der Waals surface area contributed by atoms with E-state index in [1.54, 1.807) is 21.0 Å². The Balaban J connectivity index is 1.64. The molecule has 0 aromatic heterocycles. The maximum Gasteiger partial charge on any atom is 0.329 e. The summed E-state index contributed by atoms with van der Waals surface area (Å²) < 4.78 is 18.2. The van der Waals surface area contributed by atoms with Crippen molar-refractivity contribution in [1.29, 1.82) is 0 Å². The lowest BCUT2D eigenvalue weighted by atomic mass is 9.80. The van der Waals surface area contributed by atoms with Crippen molar-refractivity contribution in [3.8, 4) is 0 Å². The molecule has 3 aliphatic heterocycles. The van der Waals surface area contributed by atoms with Gasteiger partial charge < -0.3 is 34.4 Å². The van der Waals surface area contributed by atoms with Crippen LogP contribution < -0.4 is 0 Å². The van der Waals surface area contributed by atoms with Crippen molar-refractivity contribution in [2.24, 2.45) is 29.6 Å². The van der Waals surface area contributed by atoms with Crippen molar-refractivity contribution in [2.45, 2.75) is 174 Å². The van der Waals surface area contributed by atoms with Gasteiger partial charge in [-0.2, -0.15) is 0 Å². The molecule has 3 N–H and O–H groups in total. The minimum absolute atomic E-state index is 0.0162. The average molecular weight is 798 g/mol. The largest absolute Gasteiger partial charge is 0.460 e. The molecule has 320 valence electrons. The molecular weight excluding hydrogens is 727 g/mol. The Morgan fingerprint density at radius 3 is 2.33 bits per heavy atom. The molecule has 3 fully saturated rings.